The van der Waals surface area contributed by atoms with Crippen LogP contribution in [0.1, 0.15) is 23.7 Å². The molecular weight excluding hydrogens is 344 g/mol. The van der Waals surface area contributed by atoms with Gasteiger partial charge in [0, 0.05) is 11.3 Å². The molecule has 0 aromatic heterocycles. The number of allylic oxidation sites excluding steroid dienone is 2. The maximum atomic E-state index is 12.9. The monoisotopic (exact) mass is 364 g/mol. The summed E-state index contributed by atoms with van der Waals surface area (Å²) in [5, 5.41) is 2.69. The van der Waals surface area contributed by atoms with E-state index in [9.17, 15) is 19.2 Å². The van der Waals surface area contributed by atoms with Gasteiger partial charge in [-0.3, -0.25) is 24.1 Å². The number of likely N-dealkylation sites (tertiary alicyclic amines) is 1. The molecule has 6 unspecified atom stereocenters. The molecule has 5 aliphatic rings. The predicted molar refractivity (Wildman–Crippen MR) is 96.5 cm³/mol. The Kier molecular flexibility index (Phi) is 3.41. The Morgan fingerprint density at radius 3 is 2.30 bits per heavy atom. The number of benzene rings is 1. The summed E-state index contributed by atoms with van der Waals surface area (Å²) in [6.45, 7) is 1.18. The highest BCUT2D eigenvalue weighted by atomic mass is 16.2. The Morgan fingerprint density at radius 2 is 1.70 bits per heavy atom. The molecule has 138 valence electrons. The molecule has 3 fully saturated rings. The minimum absolute atomic E-state index is 0.0957. The van der Waals surface area contributed by atoms with E-state index in [1.807, 2.05) is 0 Å². The van der Waals surface area contributed by atoms with Gasteiger partial charge in [0.2, 0.25) is 17.7 Å². The summed E-state index contributed by atoms with van der Waals surface area (Å²) in [4.78, 5) is 50.8. The molecular formula is C21H20N2O4. The lowest BCUT2D eigenvalue weighted by atomic mass is 9.63. The van der Waals surface area contributed by atoms with Crippen LogP contribution in [0.3, 0.4) is 0 Å². The number of carbonyl (C=O) groups excluding carboxylic acids is 4. The van der Waals surface area contributed by atoms with Crippen molar-refractivity contribution in [2.24, 2.45) is 35.5 Å². The van der Waals surface area contributed by atoms with E-state index in [0.29, 0.717) is 23.1 Å². The van der Waals surface area contributed by atoms with Crippen LogP contribution < -0.4 is 5.32 Å². The zero-order valence-corrected chi connectivity index (χ0v) is 14.9. The van der Waals surface area contributed by atoms with E-state index in [0.717, 1.165) is 11.3 Å². The SMILES string of the molecule is CC(=O)c1cccc(NC(=O)CN2C(=O)C3C4C=CC(C5CC45)C3C2=O)c1. The number of anilines is 1. The first kappa shape index (κ1) is 16.4. The van der Waals surface area contributed by atoms with Crippen molar-refractivity contribution in [3.8, 4) is 0 Å². The number of rotatable bonds is 4. The van der Waals surface area contributed by atoms with E-state index in [-0.39, 0.29) is 47.8 Å². The largest absolute Gasteiger partial charge is 0.325 e. The van der Waals surface area contributed by atoms with E-state index in [1.165, 1.54) is 6.92 Å². The summed E-state index contributed by atoms with van der Waals surface area (Å²) in [7, 11) is 0. The highest BCUT2D eigenvalue weighted by Crippen LogP contribution is 2.65. The zero-order chi connectivity index (χ0) is 18.9. The van der Waals surface area contributed by atoms with Gasteiger partial charge >= 0.3 is 0 Å². The molecule has 1 aromatic carbocycles. The van der Waals surface area contributed by atoms with Crippen LogP contribution in [0.15, 0.2) is 36.4 Å². The lowest BCUT2D eigenvalue weighted by Crippen LogP contribution is -2.40. The number of nitrogens with zero attached hydrogens (tertiary/aromatic N) is 1. The smallest absolute Gasteiger partial charge is 0.244 e. The van der Waals surface area contributed by atoms with Crippen molar-refractivity contribution in [1.82, 2.24) is 4.90 Å². The Labute approximate surface area is 156 Å². The van der Waals surface area contributed by atoms with Crippen LogP contribution in [0.2, 0.25) is 0 Å². The molecule has 0 radical (unpaired) electrons. The molecule has 2 bridgehead atoms. The van der Waals surface area contributed by atoms with Crippen LogP contribution >= 0.6 is 0 Å². The fourth-order valence-corrected chi connectivity index (χ4v) is 5.33. The average molecular weight is 364 g/mol. The molecule has 1 aliphatic heterocycles. The fraction of sp³-hybridized carbons (Fsp3) is 0.429. The van der Waals surface area contributed by atoms with Crippen LogP contribution in [0.25, 0.3) is 0 Å². The van der Waals surface area contributed by atoms with Crippen molar-refractivity contribution < 1.29 is 19.2 Å². The first-order valence-corrected chi connectivity index (χ1v) is 9.40. The van der Waals surface area contributed by atoms with E-state index < -0.39 is 5.91 Å². The van der Waals surface area contributed by atoms with Gasteiger partial charge in [-0.1, -0.05) is 24.3 Å². The molecule has 6 nitrogen and oxygen atoms in total. The Morgan fingerprint density at radius 1 is 1.07 bits per heavy atom. The van der Waals surface area contributed by atoms with Crippen molar-refractivity contribution in [3.63, 3.8) is 0 Å². The second kappa shape index (κ2) is 5.62. The van der Waals surface area contributed by atoms with Gasteiger partial charge in [0.1, 0.15) is 6.54 Å². The number of hydrogen-bond donors (Lipinski definition) is 1. The Bertz CT molecular complexity index is 885. The maximum Gasteiger partial charge on any atom is 0.244 e. The van der Waals surface area contributed by atoms with Crippen LogP contribution in [0.5, 0.6) is 0 Å². The van der Waals surface area contributed by atoms with Gasteiger partial charge in [-0.05, 0) is 49.1 Å². The van der Waals surface area contributed by atoms with Crippen molar-refractivity contribution in [2.75, 3.05) is 11.9 Å². The second-order valence-corrected chi connectivity index (χ2v) is 8.10. The Hall–Kier alpha value is -2.76. The lowest BCUT2D eigenvalue weighted by molar-refractivity contribution is -0.142. The van der Waals surface area contributed by atoms with Crippen molar-refractivity contribution in [1.29, 1.82) is 0 Å². The van der Waals surface area contributed by atoms with Crippen molar-refractivity contribution in [2.45, 2.75) is 13.3 Å². The second-order valence-electron chi connectivity index (χ2n) is 8.10. The van der Waals surface area contributed by atoms with Gasteiger partial charge in [0.25, 0.3) is 0 Å². The average Bonchev–Trinajstić information content (AvgIpc) is 3.43. The molecule has 6 atom stereocenters. The van der Waals surface area contributed by atoms with Gasteiger partial charge in [0.05, 0.1) is 11.8 Å². The number of hydrogen-bond acceptors (Lipinski definition) is 4. The van der Waals surface area contributed by atoms with Crippen LogP contribution in [0, 0.1) is 35.5 Å². The van der Waals surface area contributed by atoms with E-state index in [2.05, 4.69) is 17.5 Å². The van der Waals surface area contributed by atoms with E-state index >= 15 is 0 Å². The molecule has 1 saturated heterocycles. The summed E-state index contributed by atoms with van der Waals surface area (Å²) in [6.07, 6.45) is 5.34. The quantitative estimate of drug-likeness (QED) is 0.502. The number of imide groups is 1. The standard InChI is InChI=1S/C21H20N2O4/c1-10(24)11-3-2-4-12(7-11)22-17(25)9-23-20(26)18-13-5-6-14(16-8-15(13)16)19(18)21(23)27/h2-7,13-16,18-19H,8-9H2,1H3,(H,22,25). The molecule has 0 spiro atoms. The third kappa shape index (κ3) is 2.39. The first-order valence-electron chi connectivity index (χ1n) is 9.40. The van der Waals surface area contributed by atoms with Gasteiger partial charge in [-0.25, -0.2) is 0 Å². The molecule has 4 aliphatic carbocycles. The molecule has 1 aromatic rings. The molecule has 6 heteroatoms. The fourth-order valence-electron chi connectivity index (χ4n) is 5.33. The molecule has 2 saturated carbocycles. The number of Topliss-reactive ketones (excluding diaryl/α,β-unsaturated/α-hetero) is 1. The summed E-state index contributed by atoms with van der Waals surface area (Å²) in [6, 6.07) is 6.62. The number of carbonyl (C=O) groups is 4. The minimum atomic E-state index is -0.429. The highest BCUT2D eigenvalue weighted by molar-refractivity contribution is 6.09. The molecule has 1 heterocycles. The van der Waals surface area contributed by atoms with Crippen LogP contribution in [0.4, 0.5) is 5.69 Å². The minimum Gasteiger partial charge on any atom is -0.325 e. The lowest BCUT2D eigenvalue weighted by Gasteiger charge is -2.37. The summed E-state index contributed by atoms with van der Waals surface area (Å²) >= 11 is 0. The third-order valence-corrected chi connectivity index (χ3v) is 6.61. The number of ketones is 1. The summed E-state index contributed by atoms with van der Waals surface area (Å²) in [5.41, 5.74) is 0.973. The zero-order valence-electron chi connectivity index (χ0n) is 14.9. The van der Waals surface area contributed by atoms with Gasteiger partial charge < -0.3 is 5.32 Å². The van der Waals surface area contributed by atoms with Gasteiger partial charge in [-0.2, -0.15) is 0 Å². The predicted octanol–water partition coefficient (Wildman–Crippen LogP) is 1.88. The number of nitrogens with one attached hydrogen (secondary N) is 1. The molecule has 3 amide bonds. The van der Waals surface area contributed by atoms with E-state index in [4.69, 9.17) is 0 Å². The summed E-state index contributed by atoms with van der Waals surface area (Å²) in [5.74, 6) is -0.117. The van der Waals surface area contributed by atoms with Crippen LogP contribution in [-0.2, 0) is 14.4 Å². The van der Waals surface area contributed by atoms with E-state index in [1.54, 1.807) is 24.3 Å². The first-order chi connectivity index (χ1) is 13.0. The topological polar surface area (TPSA) is 83.6 Å². The van der Waals surface area contributed by atoms with Gasteiger partial charge in [0.15, 0.2) is 5.78 Å². The van der Waals surface area contributed by atoms with Gasteiger partial charge in [-0.15, -0.1) is 0 Å². The molecule has 6 rings (SSSR count). The molecule has 27 heavy (non-hydrogen) atoms. The van der Waals surface area contributed by atoms with Crippen molar-refractivity contribution >= 4 is 29.2 Å². The summed E-state index contributed by atoms with van der Waals surface area (Å²) < 4.78 is 0. The highest BCUT2D eigenvalue weighted by Gasteiger charge is 2.67. The third-order valence-electron chi connectivity index (χ3n) is 6.61. The Balaban J connectivity index is 1.31. The normalized spacial score (nSPS) is 35.1. The van der Waals surface area contributed by atoms with Crippen molar-refractivity contribution in [3.05, 3.63) is 42.0 Å². The number of amides is 3. The maximum absolute atomic E-state index is 12.9. The van der Waals surface area contributed by atoms with Crippen LogP contribution in [-0.4, -0.2) is 34.9 Å². The molecule has 1 N–H and O–H groups in total.